The van der Waals surface area contributed by atoms with Crippen LogP contribution in [-0.2, 0) is 16.1 Å². The molecule has 2 aliphatic rings. The monoisotopic (exact) mass is 291 g/mol. The summed E-state index contributed by atoms with van der Waals surface area (Å²) in [7, 11) is 0. The summed E-state index contributed by atoms with van der Waals surface area (Å²) in [6.07, 6.45) is 4.87. The minimum Gasteiger partial charge on any atom is -0.342 e. The van der Waals surface area contributed by atoms with E-state index in [1.165, 1.54) is 6.07 Å². The summed E-state index contributed by atoms with van der Waals surface area (Å²) in [4.78, 5) is 30.1. The van der Waals surface area contributed by atoms with Gasteiger partial charge in [-0.05, 0) is 37.3 Å². The number of nitrogens with zero attached hydrogens (tertiary/aromatic N) is 2. The molecule has 6 heteroatoms. The molecule has 1 aromatic heterocycles. The molecule has 1 saturated heterocycles. The molecule has 1 unspecified atom stereocenters. The maximum Gasteiger partial charge on any atom is 0.248 e. The fourth-order valence-electron chi connectivity index (χ4n) is 2.92. The number of hydrogen-bond donors (Lipinski definition) is 1. The molecule has 5 nitrogen and oxygen atoms in total. The molecule has 2 heterocycles. The first-order chi connectivity index (χ1) is 9.99. The molecule has 0 radical (unpaired) electrons. The Morgan fingerprint density at radius 1 is 1.43 bits per heavy atom. The number of hydrogen-bond acceptors (Lipinski definition) is 3. The summed E-state index contributed by atoms with van der Waals surface area (Å²) in [5, 5.41) is 2.87. The van der Waals surface area contributed by atoms with Gasteiger partial charge < -0.3 is 10.2 Å². The molecular formula is C15H18FN3O2. The number of carbonyl (C=O) groups excluding carboxylic acids is 2. The lowest BCUT2D eigenvalue weighted by Gasteiger charge is -2.32. The SMILES string of the molecule is CC1(C2CC2)NC(=O)CCN(Cc2cncc(F)c2)C1=O. The largest absolute Gasteiger partial charge is 0.342 e. The molecular weight excluding hydrogens is 273 g/mol. The molecule has 0 spiro atoms. The number of halogens is 1. The maximum absolute atomic E-state index is 13.2. The van der Waals surface area contributed by atoms with Crippen LogP contribution >= 0.6 is 0 Å². The van der Waals surface area contributed by atoms with Crippen molar-refractivity contribution in [2.45, 2.75) is 38.3 Å². The van der Waals surface area contributed by atoms with Crippen molar-refractivity contribution in [2.75, 3.05) is 6.54 Å². The first-order valence-corrected chi connectivity index (χ1v) is 7.19. The van der Waals surface area contributed by atoms with Crippen LogP contribution in [0.5, 0.6) is 0 Å². The lowest BCUT2D eigenvalue weighted by atomic mass is 9.94. The first-order valence-electron chi connectivity index (χ1n) is 7.19. The summed E-state index contributed by atoms with van der Waals surface area (Å²) >= 11 is 0. The fourth-order valence-corrected chi connectivity index (χ4v) is 2.92. The van der Waals surface area contributed by atoms with Gasteiger partial charge in [0.25, 0.3) is 0 Å². The van der Waals surface area contributed by atoms with E-state index in [9.17, 15) is 14.0 Å². The van der Waals surface area contributed by atoms with E-state index in [1.807, 2.05) is 0 Å². The smallest absolute Gasteiger partial charge is 0.248 e. The molecule has 1 N–H and O–H groups in total. The van der Waals surface area contributed by atoms with Gasteiger partial charge in [0.15, 0.2) is 0 Å². The van der Waals surface area contributed by atoms with Crippen molar-refractivity contribution in [1.82, 2.24) is 15.2 Å². The van der Waals surface area contributed by atoms with Crippen molar-refractivity contribution in [1.29, 1.82) is 0 Å². The third-order valence-electron chi connectivity index (χ3n) is 4.27. The van der Waals surface area contributed by atoms with E-state index >= 15 is 0 Å². The Hall–Kier alpha value is -1.98. The Morgan fingerprint density at radius 3 is 2.86 bits per heavy atom. The van der Waals surface area contributed by atoms with Crippen molar-refractivity contribution in [3.63, 3.8) is 0 Å². The van der Waals surface area contributed by atoms with Gasteiger partial charge in [-0.25, -0.2) is 4.39 Å². The Kier molecular flexibility index (Phi) is 3.39. The van der Waals surface area contributed by atoms with E-state index in [1.54, 1.807) is 18.0 Å². The Balaban J connectivity index is 1.83. The Bertz CT molecular complexity index is 588. The van der Waals surface area contributed by atoms with E-state index in [0.717, 1.165) is 19.0 Å². The second-order valence-corrected chi connectivity index (χ2v) is 6.01. The Labute approximate surface area is 122 Å². The van der Waals surface area contributed by atoms with Gasteiger partial charge in [0.05, 0.1) is 6.20 Å². The summed E-state index contributed by atoms with van der Waals surface area (Å²) in [6.45, 7) is 2.43. The van der Waals surface area contributed by atoms with Crippen LogP contribution in [0.2, 0.25) is 0 Å². The highest BCUT2D eigenvalue weighted by atomic mass is 19.1. The van der Waals surface area contributed by atoms with E-state index in [4.69, 9.17) is 0 Å². The molecule has 2 amide bonds. The average molecular weight is 291 g/mol. The normalized spacial score (nSPS) is 26.5. The molecule has 3 rings (SSSR count). The topological polar surface area (TPSA) is 62.3 Å². The first kappa shape index (κ1) is 14.0. The molecule has 112 valence electrons. The van der Waals surface area contributed by atoms with Gasteiger partial charge in [-0.1, -0.05) is 0 Å². The van der Waals surface area contributed by atoms with E-state index < -0.39 is 11.4 Å². The third kappa shape index (κ3) is 2.75. The van der Waals surface area contributed by atoms with Crippen LogP contribution in [0, 0.1) is 11.7 Å². The summed E-state index contributed by atoms with van der Waals surface area (Å²) in [5.74, 6) is -0.396. The molecule has 2 fully saturated rings. The number of amides is 2. The van der Waals surface area contributed by atoms with Gasteiger partial charge in [-0.3, -0.25) is 14.6 Å². The summed E-state index contributed by atoms with van der Waals surface area (Å²) in [6, 6.07) is 1.37. The van der Waals surface area contributed by atoms with Crippen molar-refractivity contribution >= 4 is 11.8 Å². The lowest BCUT2D eigenvalue weighted by molar-refractivity contribution is -0.139. The van der Waals surface area contributed by atoms with Crippen molar-refractivity contribution in [2.24, 2.45) is 5.92 Å². The zero-order valence-corrected chi connectivity index (χ0v) is 11.9. The van der Waals surface area contributed by atoms with Crippen LogP contribution in [0.15, 0.2) is 18.5 Å². The van der Waals surface area contributed by atoms with Gasteiger partial charge in [-0.15, -0.1) is 0 Å². The van der Waals surface area contributed by atoms with E-state index in [-0.39, 0.29) is 30.7 Å². The number of aromatic nitrogens is 1. The molecule has 0 aromatic carbocycles. The molecule has 0 bridgehead atoms. The number of rotatable bonds is 3. The van der Waals surface area contributed by atoms with Gasteiger partial charge in [0, 0.05) is 25.7 Å². The predicted molar refractivity (Wildman–Crippen MR) is 73.5 cm³/mol. The lowest BCUT2D eigenvalue weighted by Crippen LogP contribution is -2.56. The van der Waals surface area contributed by atoms with Crippen molar-refractivity contribution < 1.29 is 14.0 Å². The molecule has 1 saturated carbocycles. The van der Waals surface area contributed by atoms with Gasteiger partial charge in [0.2, 0.25) is 11.8 Å². The molecule has 1 aliphatic carbocycles. The van der Waals surface area contributed by atoms with Crippen LogP contribution in [0.3, 0.4) is 0 Å². The number of carbonyl (C=O) groups is 2. The van der Waals surface area contributed by atoms with Crippen LogP contribution in [0.1, 0.15) is 31.7 Å². The minimum absolute atomic E-state index is 0.0832. The average Bonchev–Trinajstić information content (AvgIpc) is 3.26. The highest BCUT2D eigenvalue weighted by molar-refractivity contribution is 5.93. The van der Waals surface area contributed by atoms with Crippen LogP contribution < -0.4 is 5.32 Å². The van der Waals surface area contributed by atoms with Crippen LogP contribution in [-0.4, -0.2) is 33.8 Å². The zero-order valence-electron chi connectivity index (χ0n) is 11.9. The van der Waals surface area contributed by atoms with Crippen LogP contribution in [0.25, 0.3) is 0 Å². The van der Waals surface area contributed by atoms with Gasteiger partial charge in [0.1, 0.15) is 11.4 Å². The molecule has 1 atom stereocenters. The second kappa shape index (κ2) is 5.09. The fraction of sp³-hybridized carbons (Fsp3) is 0.533. The third-order valence-corrected chi connectivity index (χ3v) is 4.27. The number of pyridine rings is 1. The minimum atomic E-state index is -0.825. The zero-order chi connectivity index (χ0) is 15.0. The van der Waals surface area contributed by atoms with E-state index in [0.29, 0.717) is 12.1 Å². The van der Waals surface area contributed by atoms with Crippen LogP contribution in [0.4, 0.5) is 4.39 Å². The standard InChI is InChI=1S/C15H18FN3O2/c1-15(11-2-3-11)14(21)19(5-4-13(20)18-15)9-10-6-12(16)8-17-7-10/h6-8,11H,2-5,9H2,1H3,(H,18,20). The van der Waals surface area contributed by atoms with Gasteiger partial charge in [-0.2, -0.15) is 0 Å². The van der Waals surface area contributed by atoms with Gasteiger partial charge >= 0.3 is 0 Å². The Morgan fingerprint density at radius 2 is 2.19 bits per heavy atom. The highest BCUT2D eigenvalue weighted by Crippen LogP contribution is 2.41. The molecule has 1 aliphatic heterocycles. The molecule has 21 heavy (non-hydrogen) atoms. The summed E-state index contributed by atoms with van der Waals surface area (Å²) < 4.78 is 13.2. The number of nitrogens with one attached hydrogen (secondary N) is 1. The summed E-state index contributed by atoms with van der Waals surface area (Å²) in [5.41, 5.74) is -0.190. The predicted octanol–water partition coefficient (Wildman–Crippen LogP) is 1.24. The van der Waals surface area contributed by atoms with Crippen molar-refractivity contribution in [3.05, 3.63) is 29.8 Å². The van der Waals surface area contributed by atoms with Crippen molar-refractivity contribution in [3.8, 4) is 0 Å². The maximum atomic E-state index is 13.2. The quantitative estimate of drug-likeness (QED) is 0.911. The highest BCUT2D eigenvalue weighted by Gasteiger charge is 2.51. The van der Waals surface area contributed by atoms with E-state index in [2.05, 4.69) is 10.3 Å². The molecule has 1 aromatic rings. The second-order valence-electron chi connectivity index (χ2n) is 6.01.